The summed E-state index contributed by atoms with van der Waals surface area (Å²) in [5, 5.41) is 0.868. The van der Waals surface area contributed by atoms with Gasteiger partial charge >= 0.3 is 5.97 Å². The van der Waals surface area contributed by atoms with Crippen LogP contribution in [0.2, 0.25) is 0 Å². The minimum Gasteiger partial charge on any atom is -0.459 e. The third-order valence-electron chi connectivity index (χ3n) is 3.49. The molecule has 1 aromatic heterocycles. The summed E-state index contributed by atoms with van der Waals surface area (Å²) in [5.74, 6) is -0.265. The number of aromatic nitrogens is 1. The number of hydrogen-bond acceptors (Lipinski definition) is 3. The van der Waals surface area contributed by atoms with Gasteiger partial charge in [0.15, 0.2) is 0 Å². The van der Waals surface area contributed by atoms with Gasteiger partial charge < -0.3 is 15.5 Å². The second-order valence-electron chi connectivity index (χ2n) is 4.82. The lowest BCUT2D eigenvalue weighted by Crippen LogP contribution is -2.15. The fourth-order valence-corrected chi connectivity index (χ4v) is 2.58. The van der Waals surface area contributed by atoms with Gasteiger partial charge in [-0.3, -0.25) is 0 Å². The molecule has 3 N–H and O–H groups in total. The highest BCUT2D eigenvalue weighted by Crippen LogP contribution is 2.26. The average molecular weight is 244 g/mol. The van der Waals surface area contributed by atoms with Crippen molar-refractivity contribution in [2.45, 2.75) is 31.8 Å². The number of fused-ring (bicyclic) bond motifs is 1. The third-order valence-corrected chi connectivity index (χ3v) is 3.49. The summed E-state index contributed by atoms with van der Waals surface area (Å²) >= 11 is 0. The SMILES string of the molecule is Nc1cc(C(=O)OC2CCCC2)c2cc[nH]c2c1. The molecule has 4 heteroatoms. The highest BCUT2D eigenvalue weighted by Gasteiger charge is 2.21. The minimum atomic E-state index is -0.265. The average Bonchev–Trinajstić information content (AvgIpc) is 2.97. The summed E-state index contributed by atoms with van der Waals surface area (Å²) in [5.41, 5.74) is 7.80. The molecule has 0 bridgehead atoms. The van der Waals surface area contributed by atoms with Gasteiger partial charge in [0, 0.05) is 22.8 Å². The Morgan fingerprint density at radius 3 is 2.89 bits per heavy atom. The van der Waals surface area contributed by atoms with Gasteiger partial charge in [-0.15, -0.1) is 0 Å². The molecule has 3 rings (SSSR count). The van der Waals surface area contributed by atoms with E-state index in [0.717, 1.165) is 36.6 Å². The van der Waals surface area contributed by atoms with Crippen LogP contribution in [0.4, 0.5) is 5.69 Å². The Morgan fingerprint density at radius 1 is 1.33 bits per heavy atom. The number of nitrogens with two attached hydrogens (primary N) is 1. The Kier molecular flexibility index (Phi) is 2.70. The molecule has 0 saturated heterocycles. The summed E-state index contributed by atoms with van der Waals surface area (Å²) in [6.07, 6.45) is 6.13. The standard InChI is InChI=1S/C14H16N2O2/c15-9-7-12(11-5-6-16-13(11)8-9)14(17)18-10-3-1-2-4-10/h5-8,10,16H,1-4,15H2. The first kappa shape index (κ1) is 11.1. The number of rotatable bonds is 2. The van der Waals surface area contributed by atoms with Gasteiger partial charge in [-0.25, -0.2) is 4.79 Å². The van der Waals surface area contributed by atoms with E-state index < -0.39 is 0 Å². The van der Waals surface area contributed by atoms with Crippen molar-refractivity contribution in [2.75, 3.05) is 5.73 Å². The zero-order valence-electron chi connectivity index (χ0n) is 10.1. The highest BCUT2D eigenvalue weighted by atomic mass is 16.5. The van der Waals surface area contributed by atoms with Crippen LogP contribution in [0.1, 0.15) is 36.0 Å². The molecule has 1 aromatic carbocycles. The van der Waals surface area contributed by atoms with E-state index in [-0.39, 0.29) is 12.1 Å². The van der Waals surface area contributed by atoms with Gasteiger partial charge in [0.1, 0.15) is 6.10 Å². The molecule has 0 atom stereocenters. The van der Waals surface area contributed by atoms with E-state index in [9.17, 15) is 4.79 Å². The second-order valence-corrected chi connectivity index (χ2v) is 4.82. The number of benzene rings is 1. The predicted molar refractivity (Wildman–Crippen MR) is 70.4 cm³/mol. The van der Waals surface area contributed by atoms with Crippen molar-refractivity contribution < 1.29 is 9.53 Å². The van der Waals surface area contributed by atoms with Gasteiger partial charge in [0.2, 0.25) is 0 Å². The molecule has 2 aromatic rings. The molecule has 94 valence electrons. The molecule has 0 unspecified atom stereocenters. The number of nitrogen functional groups attached to an aromatic ring is 1. The maximum Gasteiger partial charge on any atom is 0.339 e. The molecular weight excluding hydrogens is 228 g/mol. The number of esters is 1. The lowest BCUT2D eigenvalue weighted by molar-refractivity contribution is 0.0320. The molecule has 0 radical (unpaired) electrons. The minimum absolute atomic E-state index is 0.0768. The molecule has 1 heterocycles. The highest BCUT2D eigenvalue weighted by molar-refractivity contribution is 6.05. The van der Waals surface area contributed by atoms with Gasteiger partial charge in [-0.2, -0.15) is 0 Å². The molecule has 1 aliphatic rings. The number of carbonyl (C=O) groups excluding carboxylic acids is 1. The first-order valence-corrected chi connectivity index (χ1v) is 6.31. The number of carbonyl (C=O) groups is 1. The number of aromatic amines is 1. The zero-order valence-corrected chi connectivity index (χ0v) is 10.1. The maximum absolute atomic E-state index is 12.2. The first-order chi connectivity index (χ1) is 8.74. The lowest BCUT2D eigenvalue weighted by Gasteiger charge is -2.12. The van der Waals surface area contributed by atoms with E-state index in [4.69, 9.17) is 10.5 Å². The van der Waals surface area contributed by atoms with E-state index in [1.165, 1.54) is 0 Å². The Morgan fingerprint density at radius 2 is 2.11 bits per heavy atom. The predicted octanol–water partition coefficient (Wildman–Crippen LogP) is 2.85. The van der Waals surface area contributed by atoms with Crippen LogP contribution in [0.5, 0.6) is 0 Å². The van der Waals surface area contributed by atoms with Crippen LogP contribution in [0.15, 0.2) is 24.4 Å². The van der Waals surface area contributed by atoms with E-state index in [1.807, 2.05) is 12.1 Å². The van der Waals surface area contributed by atoms with Crippen LogP contribution < -0.4 is 5.73 Å². The van der Waals surface area contributed by atoms with E-state index in [2.05, 4.69) is 4.98 Å². The van der Waals surface area contributed by atoms with Gasteiger partial charge in [0.25, 0.3) is 0 Å². The number of anilines is 1. The van der Waals surface area contributed by atoms with E-state index >= 15 is 0 Å². The van der Waals surface area contributed by atoms with Crippen LogP contribution in [-0.4, -0.2) is 17.1 Å². The van der Waals surface area contributed by atoms with Crippen molar-refractivity contribution in [3.05, 3.63) is 30.0 Å². The second kappa shape index (κ2) is 4.37. The molecule has 18 heavy (non-hydrogen) atoms. The van der Waals surface area contributed by atoms with Crippen molar-refractivity contribution in [2.24, 2.45) is 0 Å². The van der Waals surface area contributed by atoms with Gasteiger partial charge in [-0.05, 0) is 43.9 Å². The molecule has 0 amide bonds. The summed E-state index contributed by atoms with van der Waals surface area (Å²) < 4.78 is 5.52. The quantitative estimate of drug-likeness (QED) is 0.630. The topological polar surface area (TPSA) is 68.1 Å². The fraction of sp³-hybridized carbons (Fsp3) is 0.357. The maximum atomic E-state index is 12.2. The Labute approximate surface area is 105 Å². The molecule has 1 saturated carbocycles. The number of hydrogen-bond donors (Lipinski definition) is 2. The van der Waals surface area contributed by atoms with Crippen molar-refractivity contribution in [3.8, 4) is 0 Å². The smallest absolute Gasteiger partial charge is 0.339 e. The molecule has 1 aliphatic carbocycles. The van der Waals surface area contributed by atoms with Crippen molar-refractivity contribution in [1.29, 1.82) is 0 Å². The molecular formula is C14H16N2O2. The Bertz CT molecular complexity index is 582. The summed E-state index contributed by atoms with van der Waals surface area (Å²) in [6, 6.07) is 5.38. The molecule has 0 spiro atoms. The summed E-state index contributed by atoms with van der Waals surface area (Å²) in [4.78, 5) is 15.2. The van der Waals surface area contributed by atoms with Crippen LogP contribution in [0, 0.1) is 0 Å². The largest absolute Gasteiger partial charge is 0.459 e. The Balaban J connectivity index is 1.92. The van der Waals surface area contributed by atoms with Crippen LogP contribution in [0.3, 0.4) is 0 Å². The van der Waals surface area contributed by atoms with Crippen LogP contribution in [0.25, 0.3) is 10.9 Å². The normalized spacial score (nSPS) is 16.2. The van der Waals surface area contributed by atoms with E-state index in [0.29, 0.717) is 11.3 Å². The van der Waals surface area contributed by atoms with Crippen molar-refractivity contribution in [1.82, 2.24) is 4.98 Å². The summed E-state index contributed by atoms with van der Waals surface area (Å²) in [6.45, 7) is 0. The number of ether oxygens (including phenoxy) is 1. The van der Waals surface area contributed by atoms with Gasteiger partial charge in [-0.1, -0.05) is 0 Å². The van der Waals surface area contributed by atoms with Crippen LogP contribution >= 0.6 is 0 Å². The van der Waals surface area contributed by atoms with Crippen molar-refractivity contribution >= 4 is 22.6 Å². The number of nitrogens with one attached hydrogen (secondary N) is 1. The third kappa shape index (κ3) is 1.94. The molecule has 0 aliphatic heterocycles. The van der Waals surface area contributed by atoms with Crippen LogP contribution in [-0.2, 0) is 4.74 Å². The van der Waals surface area contributed by atoms with Crippen molar-refractivity contribution in [3.63, 3.8) is 0 Å². The Hall–Kier alpha value is -1.97. The van der Waals surface area contributed by atoms with Gasteiger partial charge in [0.05, 0.1) is 5.56 Å². The first-order valence-electron chi connectivity index (χ1n) is 6.31. The molecule has 4 nitrogen and oxygen atoms in total. The molecule has 1 fully saturated rings. The fourth-order valence-electron chi connectivity index (χ4n) is 2.58. The van der Waals surface area contributed by atoms with E-state index in [1.54, 1.807) is 12.3 Å². The summed E-state index contributed by atoms with van der Waals surface area (Å²) in [7, 11) is 0. The lowest BCUT2D eigenvalue weighted by atomic mass is 10.1. The number of H-pyrrole nitrogens is 1. The monoisotopic (exact) mass is 244 g/mol. The zero-order chi connectivity index (χ0) is 12.5.